The first kappa shape index (κ1) is 13.6. The minimum atomic E-state index is -0.0820. The monoisotopic (exact) mass is 276 g/mol. The SMILES string of the molecule is CC(C)(C)N1c2cc[nH]c2N=CC1OC1CCNCC1. The molecule has 1 saturated heterocycles. The summed E-state index contributed by atoms with van der Waals surface area (Å²) in [5, 5.41) is 3.37. The van der Waals surface area contributed by atoms with Crippen LogP contribution in [0, 0.1) is 0 Å². The third-order valence-corrected chi connectivity index (χ3v) is 3.89. The summed E-state index contributed by atoms with van der Waals surface area (Å²) in [6.45, 7) is 8.71. The van der Waals surface area contributed by atoms with Gasteiger partial charge in [-0.25, -0.2) is 4.99 Å². The van der Waals surface area contributed by atoms with Crippen LogP contribution in [0.5, 0.6) is 0 Å². The number of aromatic amines is 1. The van der Waals surface area contributed by atoms with Crippen molar-refractivity contribution >= 4 is 17.7 Å². The number of hydrogen-bond donors (Lipinski definition) is 2. The van der Waals surface area contributed by atoms with Crippen LogP contribution in [0.15, 0.2) is 17.3 Å². The third kappa shape index (κ3) is 2.60. The molecule has 20 heavy (non-hydrogen) atoms. The molecular formula is C15H24N4O. The molecule has 0 amide bonds. The molecule has 3 rings (SSSR count). The molecular weight excluding hydrogens is 252 g/mol. The van der Waals surface area contributed by atoms with Gasteiger partial charge in [0.2, 0.25) is 0 Å². The molecule has 0 spiro atoms. The predicted octanol–water partition coefficient (Wildman–Crippen LogP) is 2.43. The average Bonchev–Trinajstić information content (AvgIpc) is 2.86. The highest BCUT2D eigenvalue weighted by molar-refractivity contribution is 5.82. The van der Waals surface area contributed by atoms with Gasteiger partial charge < -0.3 is 19.9 Å². The van der Waals surface area contributed by atoms with E-state index in [9.17, 15) is 0 Å². The lowest BCUT2D eigenvalue weighted by molar-refractivity contribution is -0.000293. The van der Waals surface area contributed by atoms with E-state index in [-0.39, 0.29) is 11.8 Å². The molecule has 2 N–H and O–H groups in total. The number of ether oxygens (including phenoxy) is 1. The molecule has 0 radical (unpaired) electrons. The molecule has 1 aromatic rings. The fourth-order valence-corrected chi connectivity index (χ4v) is 2.96. The van der Waals surface area contributed by atoms with Gasteiger partial charge in [0.05, 0.1) is 18.0 Å². The number of H-pyrrole nitrogens is 1. The van der Waals surface area contributed by atoms with Crippen molar-refractivity contribution in [2.45, 2.75) is 51.5 Å². The first-order chi connectivity index (χ1) is 9.55. The van der Waals surface area contributed by atoms with Gasteiger partial charge in [-0.2, -0.15) is 0 Å². The van der Waals surface area contributed by atoms with Gasteiger partial charge in [-0.3, -0.25) is 0 Å². The Balaban J connectivity index is 1.82. The Bertz CT molecular complexity index is 482. The minimum Gasteiger partial charge on any atom is -0.350 e. The van der Waals surface area contributed by atoms with Crippen molar-refractivity contribution in [3.63, 3.8) is 0 Å². The average molecular weight is 276 g/mol. The Morgan fingerprint density at radius 2 is 2.05 bits per heavy atom. The summed E-state index contributed by atoms with van der Waals surface area (Å²) in [5.41, 5.74) is 1.11. The number of aliphatic imine (C=N–C) groups is 1. The highest BCUT2D eigenvalue weighted by Crippen LogP contribution is 2.37. The molecule has 0 aliphatic carbocycles. The molecule has 1 unspecified atom stereocenters. The smallest absolute Gasteiger partial charge is 0.167 e. The number of rotatable bonds is 2. The first-order valence-electron chi connectivity index (χ1n) is 7.43. The second-order valence-corrected chi connectivity index (χ2v) is 6.51. The van der Waals surface area contributed by atoms with E-state index in [1.165, 1.54) is 0 Å². The number of fused-ring (bicyclic) bond motifs is 1. The summed E-state index contributed by atoms with van der Waals surface area (Å²) >= 11 is 0. The van der Waals surface area contributed by atoms with Crippen LogP contribution in [0.3, 0.4) is 0 Å². The van der Waals surface area contributed by atoms with Crippen LogP contribution in [0.25, 0.3) is 0 Å². The Morgan fingerprint density at radius 1 is 1.30 bits per heavy atom. The maximum Gasteiger partial charge on any atom is 0.167 e. The zero-order valence-electron chi connectivity index (χ0n) is 12.5. The molecule has 0 saturated carbocycles. The number of nitrogens with one attached hydrogen (secondary N) is 2. The summed E-state index contributed by atoms with van der Waals surface area (Å²) in [6.07, 6.45) is 6.24. The Kier molecular flexibility index (Phi) is 3.56. The second kappa shape index (κ2) is 5.22. The molecule has 2 aliphatic rings. The molecule has 3 heterocycles. The van der Waals surface area contributed by atoms with E-state index in [4.69, 9.17) is 4.74 Å². The molecule has 0 bridgehead atoms. The molecule has 5 heteroatoms. The lowest BCUT2D eigenvalue weighted by atomic mass is 10.0. The van der Waals surface area contributed by atoms with Gasteiger partial charge >= 0.3 is 0 Å². The van der Waals surface area contributed by atoms with Gasteiger partial charge in [-0.15, -0.1) is 0 Å². The van der Waals surface area contributed by atoms with Crippen molar-refractivity contribution in [2.75, 3.05) is 18.0 Å². The van der Waals surface area contributed by atoms with Crippen molar-refractivity contribution in [3.05, 3.63) is 12.3 Å². The molecule has 5 nitrogen and oxygen atoms in total. The molecule has 110 valence electrons. The van der Waals surface area contributed by atoms with Crippen LogP contribution in [-0.4, -0.2) is 42.2 Å². The van der Waals surface area contributed by atoms with Crippen LogP contribution < -0.4 is 10.2 Å². The van der Waals surface area contributed by atoms with E-state index in [2.05, 4.69) is 47.0 Å². The number of hydrogen-bond acceptors (Lipinski definition) is 4. The van der Waals surface area contributed by atoms with Crippen molar-refractivity contribution < 1.29 is 4.74 Å². The number of aromatic nitrogens is 1. The van der Waals surface area contributed by atoms with Gasteiger partial charge in [-0.05, 0) is 52.8 Å². The first-order valence-corrected chi connectivity index (χ1v) is 7.43. The van der Waals surface area contributed by atoms with E-state index in [0.717, 1.165) is 37.4 Å². The quantitative estimate of drug-likeness (QED) is 0.872. The van der Waals surface area contributed by atoms with E-state index in [0.29, 0.717) is 6.10 Å². The molecule has 1 atom stereocenters. The van der Waals surface area contributed by atoms with Gasteiger partial charge in [0.15, 0.2) is 12.0 Å². The van der Waals surface area contributed by atoms with Gasteiger partial charge in [0.1, 0.15) is 0 Å². The van der Waals surface area contributed by atoms with Crippen molar-refractivity contribution in [3.8, 4) is 0 Å². The third-order valence-electron chi connectivity index (χ3n) is 3.89. The topological polar surface area (TPSA) is 52.7 Å². The maximum atomic E-state index is 6.32. The minimum absolute atomic E-state index is 0.0129. The van der Waals surface area contributed by atoms with Gasteiger partial charge in [-0.1, -0.05) is 0 Å². The van der Waals surface area contributed by atoms with Crippen LogP contribution in [0.4, 0.5) is 11.5 Å². The summed E-state index contributed by atoms with van der Waals surface area (Å²) in [6, 6.07) is 2.08. The maximum absolute atomic E-state index is 6.32. The highest BCUT2D eigenvalue weighted by Gasteiger charge is 2.35. The van der Waals surface area contributed by atoms with E-state index in [1.807, 2.05) is 12.4 Å². The fraction of sp³-hybridized carbons (Fsp3) is 0.667. The normalized spacial score (nSPS) is 23.9. The van der Waals surface area contributed by atoms with Crippen LogP contribution >= 0.6 is 0 Å². The van der Waals surface area contributed by atoms with Crippen molar-refractivity contribution in [1.29, 1.82) is 0 Å². The Hall–Kier alpha value is -1.33. The Labute approximate surface area is 120 Å². The van der Waals surface area contributed by atoms with Crippen molar-refractivity contribution in [2.24, 2.45) is 4.99 Å². The van der Waals surface area contributed by atoms with E-state index in [1.54, 1.807) is 0 Å². The van der Waals surface area contributed by atoms with Gasteiger partial charge in [0, 0.05) is 11.7 Å². The molecule has 1 aromatic heterocycles. The molecule has 1 fully saturated rings. The van der Waals surface area contributed by atoms with Crippen LogP contribution in [-0.2, 0) is 4.74 Å². The largest absolute Gasteiger partial charge is 0.350 e. The highest BCUT2D eigenvalue weighted by atomic mass is 16.5. The van der Waals surface area contributed by atoms with Crippen LogP contribution in [0.2, 0.25) is 0 Å². The standard InChI is InChI=1S/C15H24N4O/c1-15(2,3)19-12-6-9-17-14(12)18-10-13(19)20-11-4-7-16-8-5-11/h6,9-11,13,16-17H,4-5,7-8H2,1-3H3. The second-order valence-electron chi connectivity index (χ2n) is 6.51. The number of anilines is 1. The Morgan fingerprint density at radius 3 is 2.75 bits per heavy atom. The zero-order valence-corrected chi connectivity index (χ0v) is 12.5. The summed E-state index contributed by atoms with van der Waals surface area (Å²) in [7, 11) is 0. The summed E-state index contributed by atoms with van der Waals surface area (Å²) in [4.78, 5) is 9.99. The lowest BCUT2D eigenvalue weighted by Crippen LogP contribution is -2.53. The molecule has 2 aliphatic heterocycles. The molecule has 0 aromatic carbocycles. The van der Waals surface area contributed by atoms with Crippen molar-refractivity contribution in [1.82, 2.24) is 10.3 Å². The van der Waals surface area contributed by atoms with Gasteiger partial charge in [0.25, 0.3) is 0 Å². The predicted molar refractivity (Wildman–Crippen MR) is 81.9 cm³/mol. The summed E-state index contributed by atoms with van der Waals surface area (Å²) < 4.78 is 6.32. The van der Waals surface area contributed by atoms with E-state index < -0.39 is 0 Å². The van der Waals surface area contributed by atoms with Crippen LogP contribution in [0.1, 0.15) is 33.6 Å². The fourth-order valence-electron chi connectivity index (χ4n) is 2.96. The number of nitrogens with zero attached hydrogens (tertiary/aromatic N) is 2. The summed E-state index contributed by atoms with van der Waals surface area (Å²) in [5.74, 6) is 0.921. The van der Waals surface area contributed by atoms with E-state index >= 15 is 0 Å². The lowest BCUT2D eigenvalue weighted by Gasteiger charge is -2.44. The zero-order chi connectivity index (χ0) is 14.2. The number of piperidine rings is 1.